The number of hydrogen-bond donors (Lipinski definition) is 0. The highest BCUT2D eigenvalue weighted by Gasteiger charge is 2.28. The first-order chi connectivity index (χ1) is 9.49. The van der Waals surface area contributed by atoms with Crippen molar-refractivity contribution in [2.45, 2.75) is 6.18 Å². The molecular weight excluding hydrogens is 265 g/mol. The number of terminal acetylenes is 1. The molecule has 2 aromatic carbocycles. The summed E-state index contributed by atoms with van der Waals surface area (Å²) in [7, 11) is 0. The summed E-state index contributed by atoms with van der Waals surface area (Å²) in [5.74, 6) is 2.38. The molecule has 4 heteroatoms. The Hall–Kier alpha value is -2.41. The molecule has 0 aliphatic carbocycles. The lowest BCUT2D eigenvalue weighted by atomic mass is 10.0. The Labute approximate surface area is 115 Å². The van der Waals surface area contributed by atoms with Gasteiger partial charge in [-0.2, -0.15) is 13.2 Å². The standard InChI is InChI=1S/C16H11F3O/c1-2-12-8-9-14(13-6-4-3-5-7-13)10-15(12)20-11-16(17,18)19/h1,3-10H,11H2. The zero-order valence-corrected chi connectivity index (χ0v) is 10.4. The number of alkyl halides is 3. The molecule has 102 valence electrons. The highest BCUT2D eigenvalue weighted by Crippen LogP contribution is 2.28. The van der Waals surface area contributed by atoms with Gasteiger partial charge in [0, 0.05) is 0 Å². The summed E-state index contributed by atoms with van der Waals surface area (Å²) in [5.41, 5.74) is 1.93. The van der Waals surface area contributed by atoms with Gasteiger partial charge >= 0.3 is 6.18 Å². The van der Waals surface area contributed by atoms with Crippen LogP contribution in [0.1, 0.15) is 5.56 Å². The van der Waals surface area contributed by atoms with Crippen molar-refractivity contribution in [2.24, 2.45) is 0 Å². The van der Waals surface area contributed by atoms with Crippen LogP contribution in [0.5, 0.6) is 5.75 Å². The molecule has 0 aromatic heterocycles. The molecule has 0 heterocycles. The number of ether oxygens (including phenoxy) is 1. The van der Waals surface area contributed by atoms with Crippen LogP contribution in [0.25, 0.3) is 11.1 Å². The molecule has 1 nitrogen and oxygen atoms in total. The van der Waals surface area contributed by atoms with Crippen molar-refractivity contribution < 1.29 is 17.9 Å². The van der Waals surface area contributed by atoms with Crippen LogP contribution in [-0.4, -0.2) is 12.8 Å². The fourth-order valence-electron chi connectivity index (χ4n) is 1.73. The predicted octanol–water partition coefficient (Wildman–Crippen LogP) is 4.28. The van der Waals surface area contributed by atoms with Crippen molar-refractivity contribution in [3.63, 3.8) is 0 Å². The first kappa shape index (κ1) is 14.0. The molecule has 0 radical (unpaired) electrons. The average Bonchev–Trinajstić information content (AvgIpc) is 2.45. The number of benzene rings is 2. The van der Waals surface area contributed by atoms with Crippen LogP contribution in [0.4, 0.5) is 13.2 Å². The van der Waals surface area contributed by atoms with Crippen molar-refractivity contribution in [3.05, 3.63) is 54.1 Å². The molecule has 0 fully saturated rings. The van der Waals surface area contributed by atoms with Gasteiger partial charge in [-0.1, -0.05) is 42.3 Å². The second-order valence-corrected chi connectivity index (χ2v) is 4.13. The second-order valence-electron chi connectivity index (χ2n) is 4.13. The third kappa shape index (κ3) is 3.55. The highest BCUT2D eigenvalue weighted by atomic mass is 19.4. The maximum atomic E-state index is 12.2. The van der Waals surface area contributed by atoms with Gasteiger partial charge in [-0.15, -0.1) is 6.42 Å². The van der Waals surface area contributed by atoms with E-state index in [4.69, 9.17) is 11.2 Å². The minimum Gasteiger partial charge on any atom is -0.483 e. The van der Waals surface area contributed by atoms with Crippen LogP contribution in [0.2, 0.25) is 0 Å². The van der Waals surface area contributed by atoms with E-state index in [9.17, 15) is 13.2 Å². The van der Waals surface area contributed by atoms with E-state index in [1.165, 1.54) is 6.07 Å². The maximum absolute atomic E-state index is 12.2. The third-order valence-corrected chi connectivity index (χ3v) is 2.64. The smallest absolute Gasteiger partial charge is 0.422 e. The van der Waals surface area contributed by atoms with Gasteiger partial charge in [-0.3, -0.25) is 0 Å². The van der Waals surface area contributed by atoms with Gasteiger partial charge in [0.1, 0.15) is 5.75 Å². The van der Waals surface area contributed by atoms with E-state index in [0.29, 0.717) is 5.56 Å². The van der Waals surface area contributed by atoms with Gasteiger partial charge < -0.3 is 4.74 Å². The molecule has 20 heavy (non-hydrogen) atoms. The largest absolute Gasteiger partial charge is 0.483 e. The summed E-state index contributed by atoms with van der Waals surface area (Å²) in [6.07, 6.45) is 0.873. The Morgan fingerprint density at radius 1 is 1.00 bits per heavy atom. The van der Waals surface area contributed by atoms with Crippen LogP contribution < -0.4 is 4.74 Å². The Morgan fingerprint density at radius 3 is 2.30 bits per heavy atom. The molecule has 0 unspecified atom stereocenters. The first-order valence-electron chi connectivity index (χ1n) is 5.85. The molecule has 0 bridgehead atoms. The molecule has 0 N–H and O–H groups in total. The summed E-state index contributed by atoms with van der Waals surface area (Å²) in [5, 5.41) is 0. The SMILES string of the molecule is C#Cc1ccc(-c2ccccc2)cc1OCC(F)(F)F. The molecule has 0 aliphatic heterocycles. The molecule has 0 atom stereocenters. The fraction of sp³-hybridized carbons (Fsp3) is 0.125. The fourth-order valence-corrected chi connectivity index (χ4v) is 1.73. The van der Waals surface area contributed by atoms with E-state index < -0.39 is 12.8 Å². The van der Waals surface area contributed by atoms with E-state index in [1.807, 2.05) is 30.3 Å². The van der Waals surface area contributed by atoms with Gasteiger partial charge in [0.2, 0.25) is 0 Å². The van der Waals surface area contributed by atoms with Crippen LogP contribution in [0, 0.1) is 12.3 Å². The summed E-state index contributed by atoms with van der Waals surface area (Å²) >= 11 is 0. The van der Waals surface area contributed by atoms with Crippen LogP contribution >= 0.6 is 0 Å². The number of halogens is 3. The minimum absolute atomic E-state index is 0.0613. The lowest BCUT2D eigenvalue weighted by Gasteiger charge is -2.12. The summed E-state index contributed by atoms with van der Waals surface area (Å²) in [4.78, 5) is 0. The lowest BCUT2D eigenvalue weighted by molar-refractivity contribution is -0.153. The topological polar surface area (TPSA) is 9.23 Å². The van der Waals surface area contributed by atoms with Crippen molar-refractivity contribution in [3.8, 4) is 29.2 Å². The van der Waals surface area contributed by atoms with Gasteiger partial charge in [0.05, 0.1) is 5.56 Å². The van der Waals surface area contributed by atoms with Crippen molar-refractivity contribution in [1.29, 1.82) is 0 Å². The first-order valence-corrected chi connectivity index (χ1v) is 5.85. The van der Waals surface area contributed by atoms with Crippen LogP contribution in [-0.2, 0) is 0 Å². The Morgan fingerprint density at radius 2 is 1.70 bits per heavy atom. The molecule has 0 saturated heterocycles. The zero-order valence-electron chi connectivity index (χ0n) is 10.4. The summed E-state index contributed by atoms with van der Waals surface area (Å²) in [6, 6.07) is 14.1. The van der Waals surface area contributed by atoms with Gasteiger partial charge in [-0.25, -0.2) is 0 Å². The van der Waals surface area contributed by atoms with Crippen LogP contribution in [0.15, 0.2) is 48.5 Å². The van der Waals surface area contributed by atoms with Crippen LogP contribution in [0.3, 0.4) is 0 Å². The van der Waals surface area contributed by atoms with Gasteiger partial charge in [0.15, 0.2) is 6.61 Å². The molecule has 2 rings (SSSR count). The van der Waals surface area contributed by atoms with E-state index in [0.717, 1.165) is 11.1 Å². The Bertz CT molecular complexity index is 624. The number of rotatable bonds is 3. The molecular formula is C16H11F3O. The van der Waals surface area contributed by atoms with E-state index in [-0.39, 0.29) is 5.75 Å². The monoisotopic (exact) mass is 276 g/mol. The van der Waals surface area contributed by atoms with E-state index in [2.05, 4.69) is 5.92 Å². The van der Waals surface area contributed by atoms with Crippen molar-refractivity contribution in [2.75, 3.05) is 6.61 Å². The van der Waals surface area contributed by atoms with Gasteiger partial charge in [-0.05, 0) is 23.3 Å². The molecule has 0 amide bonds. The van der Waals surface area contributed by atoms with Gasteiger partial charge in [0.25, 0.3) is 0 Å². The third-order valence-electron chi connectivity index (χ3n) is 2.64. The molecule has 2 aromatic rings. The van der Waals surface area contributed by atoms with E-state index in [1.54, 1.807) is 12.1 Å². The number of hydrogen-bond acceptors (Lipinski definition) is 1. The quantitative estimate of drug-likeness (QED) is 0.760. The molecule has 0 aliphatic rings. The van der Waals surface area contributed by atoms with Crippen molar-refractivity contribution >= 4 is 0 Å². The second kappa shape index (κ2) is 5.70. The maximum Gasteiger partial charge on any atom is 0.422 e. The molecule has 0 saturated carbocycles. The highest BCUT2D eigenvalue weighted by molar-refractivity contribution is 5.67. The minimum atomic E-state index is -4.39. The summed E-state index contributed by atoms with van der Waals surface area (Å²) in [6.45, 7) is -1.36. The lowest BCUT2D eigenvalue weighted by Crippen LogP contribution is -2.19. The summed E-state index contributed by atoms with van der Waals surface area (Å²) < 4.78 is 41.5. The zero-order chi connectivity index (χ0) is 14.6. The normalized spacial score (nSPS) is 10.9. The average molecular weight is 276 g/mol. The molecule has 0 spiro atoms. The van der Waals surface area contributed by atoms with Crippen molar-refractivity contribution in [1.82, 2.24) is 0 Å². The Balaban J connectivity index is 2.33. The Kier molecular flexibility index (Phi) is 3.99. The van der Waals surface area contributed by atoms with E-state index >= 15 is 0 Å². The predicted molar refractivity (Wildman–Crippen MR) is 71.4 cm³/mol.